The first kappa shape index (κ1) is 16.8. The summed E-state index contributed by atoms with van der Waals surface area (Å²) in [6, 6.07) is 15.6. The Morgan fingerprint density at radius 1 is 1.00 bits per heavy atom. The third-order valence-electron chi connectivity index (χ3n) is 3.69. The lowest BCUT2D eigenvalue weighted by Crippen LogP contribution is -2.08. The molecule has 0 aromatic heterocycles. The molecule has 0 heterocycles. The van der Waals surface area contributed by atoms with Gasteiger partial charge in [0.15, 0.2) is 0 Å². The number of benzene rings is 2. The Kier molecular flexibility index (Phi) is 5.58. The first-order valence-electron chi connectivity index (χ1n) is 7.57. The largest absolute Gasteiger partial charge is 0.488 e. The van der Waals surface area contributed by atoms with Gasteiger partial charge in [-0.3, -0.25) is 0 Å². The minimum atomic E-state index is -0.350. The lowest BCUT2D eigenvalue weighted by molar-refractivity contribution is -0.133. The SMILES string of the molecule is COC(=O)C(=C(C)C)c1ccccc1OCc1ccccc1C. The summed E-state index contributed by atoms with van der Waals surface area (Å²) in [5.74, 6) is 0.328. The van der Waals surface area contributed by atoms with Crippen molar-refractivity contribution < 1.29 is 14.3 Å². The van der Waals surface area contributed by atoms with Crippen LogP contribution >= 0.6 is 0 Å². The average Bonchev–Trinajstić information content (AvgIpc) is 2.55. The lowest BCUT2D eigenvalue weighted by atomic mass is 10.0. The molecular weight excluding hydrogens is 288 g/mol. The van der Waals surface area contributed by atoms with E-state index in [0.29, 0.717) is 17.9 Å². The molecule has 0 spiro atoms. The number of aryl methyl sites for hydroxylation is 1. The Balaban J connectivity index is 2.33. The van der Waals surface area contributed by atoms with E-state index in [1.165, 1.54) is 12.7 Å². The minimum Gasteiger partial charge on any atom is -0.488 e. The highest BCUT2D eigenvalue weighted by atomic mass is 16.5. The number of rotatable bonds is 5. The standard InChI is InChI=1S/C20H22O3/c1-14(2)19(20(21)22-4)17-11-7-8-12-18(17)23-13-16-10-6-5-9-15(16)3/h5-12H,13H2,1-4H3. The number of hydrogen-bond acceptors (Lipinski definition) is 3. The van der Waals surface area contributed by atoms with Crippen molar-refractivity contribution in [2.75, 3.05) is 7.11 Å². The summed E-state index contributed by atoms with van der Waals surface area (Å²) in [4.78, 5) is 12.1. The van der Waals surface area contributed by atoms with Crippen LogP contribution in [0.25, 0.3) is 5.57 Å². The van der Waals surface area contributed by atoms with E-state index in [4.69, 9.17) is 9.47 Å². The van der Waals surface area contributed by atoms with Crippen molar-refractivity contribution in [3.63, 3.8) is 0 Å². The second kappa shape index (κ2) is 7.63. The smallest absolute Gasteiger partial charge is 0.338 e. The van der Waals surface area contributed by atoms with Gasteiger partial charge in [0.05, 0.1) is 12.7 Å². The molecule has 3 nitrogen and oxygen atoms in total. The molecule has 0 bridgehead atoms. The van der Waals surface area contributed by atoms with Gasteiger partial charge < -0.3 is 9.47 Å². The second-order valence-corrected chi connectivity index (χ2v) is 5.58. The first-order valence-corrected chi connectivity index (χ1v) is 7.57. The van der Waals surface area contributed by atoms with Gasteiger partial charge in [0.1, 0.15) is 12.4 Å². The summed E-state index contributed by atoms with van der Waals surface area (Å²) in [6.07, 6.45) is 0. The number of allylic oxidation sites excluding steroid dienone is 1. The van der Waals surface area contributed by atoms with Crippen LogP contribution in [0.4, 0.5) is 0 Å². The number of carbonyl (C=O) groups excluding carboxylic acids is 1. The maximum Gasteiger partial charge on any atom is 0.338 e. The first-order chi connectivity index (χ1) is 11.0. The summed E-state index contributed by atoms with van der Waals surface area (Å²) in [7, 11) is 1.39. The number of methoxy groups -OCH3 is 1. The molecule has 0 saturated carbocycles. The zero-order chi connectivity index (χ0) is 16.8. The molecule has 2 rings (SSSR count). The minimum absolute atomic E-state index is 0.350. The van der Waals surface area contributed by atoms with E-state index in [-0.39, 0.29) is 5.97 Å². The molecular formula is C20H22O3. The van der Waals surface area contributed by atoms with Crippen molar-refractivity contribution in [1.82, 2.24) is 0 Å². The normalized spacial score (nSPS) is 10.1. The van der Waals surface area contributed by atoms with E-state index in [1.54, 1.807) is 0 Å². The maximum absolute atomic E-state index is 12.1. The number of hydrogen-bond donors (Lipinski definition) is 0. The number of ether oxygens (including phenoxy) is 2. The Labute approximate surface area is 137 Å². The van der Waals surface area contributed by atoms with Gasteiger partial charge in [-0.2, -0.15) is 0 Å². The Hall–Kier alpha value is -2.55. The van der Waals surface area contributed by atoms with Crippen molar-refractivity contribution in [3.05, 3.63) is 70.8 Å². The van der Waals surface area contributed by atoms with Crippen molar-refractivity contribution in [2.24, 2.45) is 0 Å². The van der Waals surface area contributed by atoms with Gasteiger partial charge in [0.25, 0.3) is 0 Å². The second-order valence-electron chi connectivity index (χ2n) is 5.58. The predicted octanol–water partition coefficient (Wildman–Crippen LogP) is 4.54. The van der Waals surface area contributed by atoms with Crippen LogP contribution in [0.2, 0.25) is 0 Å². The van der Waals surface area contributed by atoms with Crippen LogP contribution in [-0.4, -0.2) is 13.1 Å². The van der Waals surface area contributed by atoms with E-state index < -0.39 is 0 Å². The number of esters is 1. The highest BCUT2D eigenvalue weighted by Crippen LogP contribution is 2.30. The molecule has 0 aliphatic heterocycles. The van der Waals surface area contributed by atoms with E-state index in [9.17, 15) is 4.79 Å². The summed E-state index contributed by atoms with van der Waals surface area (Å²) in [5, 5.41) is 0. The van der Waals surface area contributed by atoms with Gasteiger partial charge in [0.2, 0.25) is 0 Å². The van der Waals surface area contributed by atoms with Crippen molar-refractivity contribution in [1.29, 1.82) is 0 Å². The molecule has 3 heteroatoms. The summed E-state index contributed by atoms with van der Waals surface area (Å²) in [6.45, 7) is 6.30. The molecule has 0 radical (unpaired) electrons. The van der Waals surface area contributed by atoms with Gasteiger partial charge in [-0.1, -0.05) is 48.0 Å². The van der Waals surface area contributed by atoms with Crippen molar-refractivity contribution in [2.45, 2.75) is 27.4 Å². The summed E-state index contributed by atoms with van der Waals surface area (Å²) in [5.41, 5.74) is 4.50. The molecule has 0 aliphatic carbocycles. The van der Waals surface area contributed by atoms with Crippen LogP contribution in [0.3, 0.4) is 0 Å². The quantitative estimate of drug-likeness (QED) is 0.601. The Morgan fingerprint density at radius 3 is 2.30 bits per heavy atom. The Morgan fingerprint density at radius 2 is 1.65 bits per heavy atom. The zero-order valence-corrected chi connectivity index (χ0v) is 14.1. The van der Waals surface area contributed by atoms with Crippen LogP contribution in [-0.2, 0) is 16.1 Å². The molecule has 0 atom stereocenters. The average molecular weight is 310 g/mol. The third-order valence-corrected chi connectivity index (χ3v) is 3.69. The van der Waals surface area contributed by atoms with Gasteiger partial charge in [-0.05, 0) is 38.0 Å². The fraction of sp³-hybridized carbons (Fsp3) is 0.250. The van der Waals surface area contributed by atoms with E-state index in [2.05, 4.69) is 13.0 Å². The molecule has 0 N–H and O–H groups in total. The molecule has 0 unspecified atom stereocenters. The molecule has 0 aliphatic rings. The topological polar surface area (TPSA) is 35.5 Å². The highest BCUT2D eigenvalue weighted by molar-refractivity contribution is 6.18. The summed E-state index contributed by atoms with van der Waals surface area (Å²) >= 11 is 0. The summed E-state index contributed by atoms with van der Waals surface area (Å²) < 4.78 is 10.9. The van der Waals surface area contributed by atoms with Gasteiger partial charge in [-0.25, -0.2) is 4.79 Å². The maximum atomic E-state index is 12.1. The zero-order valence-electron chi connectivity index (χ0n) is 14.1. The van der Waals surface area contributed by atoms with Crippen LogP contribution < -0.4 is 4.74 Å². The molecule has 120 valence electrons. The molecule has 0 fully saturated rings. The third kappa shape index (κ3) is 4.01. The highest BCUT2D eigenvalue weighted by Gasteiger charge is 2.18. The number of para-hydroxylation sites is 1. The molecule has 2 aromatic rings. The van der Waals surface area contributed by atoms with Crippen LogP contribution in [0, 0.1) is 6.92 Å². The van der Waals surface area contributed by atoms with Crippen molar-refractivity contribution in [3.8, 4) is 5.75 Å². The van der Waals surface area contributed by atoms with Crippen LogP contribution in [0.15, 0.2) is 54.1 Å². The van der Waals surface area contributed by atoms with Crippen LogP contribution in [0.5, 0.6) is 5.75 Å². The van der Waals surface area contributed by atoms with Gasteiger partial charge in [0, 0.05) is 5.56 Å². The monoisotopic (exact) mass is 310 g/mol. The molecule has 2 aromatic carbocycles. The van der Waals surface area contributed by atoms with E-state index in [0.717, 1.165) is 16.7 Å². The van der Waals surface area contributed by atoms with Crippen LogP contribution in [0.1, 0.15) is 30.5 Å². The predicted molar refractivity (Wildman–Crippen MR) is 92.2 cm³/mol. The van der Waals surface area contributed by atoms with Crippen molar-refractivity contribution >= 4 is 11.5 Å². The van der Waals surface area contributed by atoms with E-state index >= 15 is 0 Å². The number of carbonyl (C=O) groups is 1. The van der Waals surface area contributed by atoms with Gasteiger partial charge >= 0.3 is 5.97 Å². The Bertz CT molecular complexity index is 725. The molecule has 0 amide bonds. The lowest BCUT2D eigenvalue weighted by Gasteiger charge is -2.15. The molecule has 0 saturated heterocycles. The fourth-order valence-electron chi connectivity index (χ4n) is 2.41. The van der Waals surface area contributed by atoms with E-state index in [1.807, 2.05) is 56.3 Å². The fourth-order valence-corrected chi connectivity index (χ4v) is 2.41. The molecule has 23 heavy (non-hydrogen) atoms. The van der Waals surface area contributed by atoms with Gasteiger partial charge in [-0.15, -0.1) is 0 Å².